The molecule has 2 N–H and O–H groups in total. The van der Waals surface area contributed by atoms with Gasteiger partial charge >= 0.3 is 0 Å². The molecule has 5 heteroatoms. The Balaban J connectivity index is 1.62. The number of rotatable bonds is 5. The summed E-state index contributed by atoms with van der Waals surface area (Å²) >= 11 is 7.44. The lowest BCUT2D eigenvalue weighted by Gasteiger charge is -2.21. The minimum atomic E-state index is 0.185. The van der Waals surface area contributed by atoms with E-state index in [9.17, 15) is 4.79 Å². The fourth-order valence-electron chi connectivity index (χ4n) is 2.23. The van der Waals surface area contributed by atoms with Gasteiger partial charge in [-0.1, -0.05) is 11.6 Å². The summed E-state index contributed by atoms with van der Waals surface area (Å²) in [6.45, 7) is 2.80. The van der Waals surface area contributed by atoms with Crippen molar-refractivity contribution in [2.24, 2.45) is 5.92 Å². The topological polar surface area (TPSA) is 41.1 Å². The normalized spacial score (nSPS) is 16.7. The van der Waals surface area contributed by atoms with Gasteiger partial charge in [-0.15, -0.1) is 11.3 Å². The average molecular weight is 287 g/mol. The van der Waals surface area contributed by atoms with Crippen LogP contribution in [0.5, 0.6) is 0 Å². The maximum atomic E-state index is 11.8. The second-order valence-electron chi connectivity index (χ2n) is 4.70. The fourth-order valence-corrected chi connectivity index (χ4v) is 3.32. The van der Waals surface area contributed by atoms with E-state index in [2.05, 4.69) is 10.6 Å². The Labute approximate surface area is 117 Å². The summed E-state index contributed by atoms with van der Waals surface area (Å²) in [5.74, 6) is 0.743. The highest BCUT2D eigenvalue weighted by atomic mass is 35.5. The number of halogens is 1. The summed E-state index contributed by atoms with van der Waals surface area (Å²) in [4.78, 5) is 13.0. The molecule has 0 unspecified atom stereocenters. The van der Waals surface area contributed by atoms with Crippen LogP contribution in [0.4, 0.5) is 0 Å². The molecule has 1 aliphatic heterocycles. The molecule has 0 atom stereocenters. The lowest BCUT2D eigenvalue weighted by Crippen LogP contribution is -2.32. The predicted octanol–water partition coefficient (Wildman–Crippen LogP) is 2.45. The van der Waals surface area contributed by atoms with Crippen LogP contribution in [0.2, 0.25) is 4.34 Å². The molecule has 1 aromatic rings. The van der Waals surface area contributed by atoms with Gasteiger partial charge in [0.25, 0.3) is 0 Å². The zero-order chi connectivity index (χ0) is 12.8. The molecule has 0 aliphatic carbocycles. The van der Waals surface area contributed by atoms with E-state index in [0.29, 0.717) is 18.9 Å². The molecule has 1 fully saturated rings. The average Bonchev–Trinajstić information content (AvgIpc) is 2.76. The summed E-state index contributed by atoms with van der Waals surface area (Å²) in [6.07, 6.45) is 3.78. The van der Waals surface area contributed by atoms with Gasteiger partial charge in [0, 0.05) is 17.8 Å². The zero-order valence-electron chi connectivity index (χ0n) is 10.4. The number of thiophene rings is 1. The first-order valence-corrected chi connectivity index (χ1v) is 7.65. The van der Waals surface area contributed by atoms with E-state index in [-0.39, 0.29) is 5.91 Å². The molecule has 1 aromatic heterocycles. The third-order valence-corrected chi connectivity index (χ3v) is 4.55. The molecule has 0 radical (unpaired) electrons. The molecular weight excluding hydrogens is 268 g/mol. The number of hydrogen-bond donors (Lipinski definition) is 2. The quantitative estimate of drug-likeness (QED) is 0.873. The van der Waals surface area contributed by atoms with Crippen molar-refractivity contribution < 1.29 is 4.79 Å². The highest BCUT2D eigenvalue weighted by Gasteiger charge is 2.16. The van der Waals surface area contributed by atoms with Gasteiger partial charge in [0.15, 0.2) is 0 Å². The Morgan fingerprint density at radius 2 is 2.22 bits per heavy atom. The van der Waals surface area contributed by atoms with Gasteiger partial charge in [-0.05, 0) is 50.4 Å². The van der Waals surface area contributed by atoms with Crippen LogP contribution in [0.1, 0.15) is 24.1 Å². The van der Waals surface area contributed by atoms with Crippen molar-refractivity contribution in [3.63, 3.8) is 0 Å². The first kappa shape index (κ1) is 13.8. The van der Waals surface area contributed by atoms with E-state index in [0.717, 1.165) is 36.7 Å². The standard InChI is InChI=1S/C13H19ClN2OS/c14-12-2-1-11(18-12)5-8-16-13(17)9-10-3-6-15-7-4-10/h1-2,10,15H,3-9H2,(H,16,17). The van der Waals surface area contributed by atoms with E-state index in [1.807, 2.05) is 12.1 Å². The molecule has 0 aromatic carbocycles. The van der Waals surface area contributed by atoms with Crippen LogP contribution in [-0.4, -0.2) is 25.5 Å². The van der Waals surface area contributed by atoms with Crippen molar-refractivity contribution in [3.8, 4) is 0 Å². The summed E-state index contributed by atoms with van der Waals surface area (Å²) in [5, 5.41) is 6.30. The Morgan fingerprint density at radius 3 is 2.89 bits per heavy atom. The third kappa shape index (κ3) is 4.59. The number of piperidine rings is 1. The fraction of sp³-hybridized carbons (Fsp3) is 0.615. The van der Waals surface area contributed by atoms with Crippen LogP contribution < -0.4 is 10.6 Å². The number of nitrogens with one attached hydrogen (secondary N) is 2. The molecule has 0 saturated carbocycles. The van der Waals surface area contributed by atoms with E-state index >= 15 is 0 Å². The van der Waals surface area contributed by atoms with Gasteiger partial charge in [-0.3, -0.25) is 4.79 Å². The lowest BCUT2D eigenvalue weighted by molar-refractivity contribution is -0.122. The molecule has 2 rings (SSSR count). The van der Waals surface area contributed by atoms with Crippen LogP contribution in [0.3, 0.4) is 0 Å². The van der Waals surface area contributed by atoms with E-state index in [1.54, 1.807) is 11.3 Å². The van der Waals surface area contributed by atoms with Crippen molar-refractivity contribution in [2.75, 3.05) is 19.6 Å². The Kier molecular flexibility index (Phi) is 5.47. The third-order valence-electron chi connectivity index (χ3n) is 3.26. The van der Waals surface area contributed by atoms with Crippen LogP contribution in [-0.2, 0) is 11.2 Å². The van der Waals surface area contributed by atoms with Crippen molar-refractivity contribution in [2.45, 2.75) is 25.7 Å². The van der Waals surface area contributed by atoms with Crippen LogP contribution in [0.15, 0.2) is 12.1 Å². The van der Waals surface area contributed by atoms with Crippen molar-refractivity contribution in [3.05, 3.63) is 21.3 Å². The number of carbonyl (C=O) groups excluding carboxylic acids is 1. The van der Waals surface area contributed by atoms with E-state index in [4.69, 9.17) is 11.6 Å². The van der Waals surface area contributed by atoms with E-state index in [1.165, 1.54) is 4.88 Å². The second kappa shape index (κ2) is 7.12. The zero-order valence-corrected chi connectivity index (χ0v) is 11.9. The maximum absolute atomic E-state index is 11.8. The van der Waals surface area contributed by atoms with Crippen LogP contribution in [0, 0.1) is 5.92 Å². The summed E-state index contributed by atoms with van der Waals surface area (Å²) in [6, 6.07) is 3.92. The Bertz CT molecular complexity index is 388. The van der Waals surface area contributed by atoms with Crippen LogP contribution in [0.25, 0.3) is 0 Å². The highest BCUT2D eigenvalue weighted by Crippen LogP contribution is 2.21. The van der Waals surface area contributed by atoms with Crippen LogP contribution >= 0.6 is 22.9 Å². The summed E-state index contributed by atoms with van der Waals surface area (Å²) in [5.41, 5.74) is 0. The molecule has 1 saturated heterocycles. The van der Waals surface area contributed by atoms with Crippen molar-refractivity contribution >= 4 is 28.8 Å². The molecule has 1 aliphatic rings. The first-order chi connectivity index (χ1) is 8.74. The van der Waals surface area contributed by atoms with Gasteiger partial charge in [0.2, 0.25) is 5.91 Å². The predicted molar refractivity (Wildman–Crippen MR) is 76.3 cm³/mol. The molecule has 18 heavy (non-hydrogen) atoms. The minimum absolute atomic E-state index is 0.185. The smallest absolute Gasteiger partial charge is 0.220 e. The van der Waals surface area contributed by atoms with Gasteiger partial charge in [-0.2, -0.15) is 0 Å². The number of hydrogen-bond acceptors (Lipinski definition) is 3. The van der Waals surface area contributed by atoms with Crippen molar-refractivity contribution in [1.29, 1.82) is 0 Å². The molecule has 0 spiro atoms. The number of amides is 1. The summed E-state index contributed by atoms with van der Waals surface area (Å²) in [7, 11) is 0. The van der Waals surface area contributed by atoms with Gasteiger partial charge < -0.3 is 10.6 Å². The van der Waals surface area contributed by atoms with Crippen molar-refractivity contribution in [1.82, 2.24) is 10.6 Å². The monoisotopic (exact) mass is 286 g/mol. The van der Waals surface area contributed by atoms with Gasteiger partial charge in [0.05, 0.1) is 4.34 Å². The molecule has 100 valence electrons. The molecular formula is C13H19ClN2OS. The van der Waals surface area contributed by atoms with Gasteiger partial charge in [-0.25, -0.2) is 0 Å². The second-order valence-corrected chi connectivity index (χ2v) is 6.50. The molecule has 2 heterocycles. The summed E-state index contributed by atoms with van der Waals surface area (Å²) < 4.78 is 0.811. The minimum Gasteiger partial charge on any atom is -0.356 e. The number of carbonyl (C=O) groups is 1. The molecule has 0 bridgehead atoms. The highest BCUT2D eigenvalue weighted by molar-refractivity contribution is 7.16. The molecule has 1 amide bonds. The Hall–Kier alpha value is -0.580. The van der Waals surface area contributed by atoms with E-state index < -0.39 is 0 Å². The molecule has 3 nitrogen and oxygen atoms in total. The maximum Gasteiger partial charge on any atom is 0.220 e. The SMILES string of the molecule is O=C(CC1CCNCC1)NCCc1ccc(Cl)s1. The Morgan fingerprint density at radius 1 is 1.44 bits per heavy atom. The lowest BCUT2D eigenvalue weighted by atomic mass is 9.94. The van der Waals surface area contributed by atoms with Gasteiger partial charge in [0.1, 0.15) is 0 Å². The largest absolute Gasteiger partial charge is 0.356 e. The first-order valence-electron chi connectivity index (χ1n) is 6.45.